The molecule has 0 bridgehead atoms. The van der Waals surface area contributed by atoms with Gasteiger partial charge in [0.15, 0.2) is 0 Å². The number of esters is 1. The van der Waals surface area contributed by atoms with Crippen LogP contribution in [0.25, 0.3) is 0 Å². The summed E-state index contributed by atoms with van der Waals surface area (Å²) in [5, 5.41) is 0. The topological polar surface area (TPSA) is 38.7 Å². The van der Waals surface area contributed by atoms with Gasteiger partial charge in [0.2, 0.25) is 0 Å². The molecule has 0 aliphatic carbocycles. The first-order chi connectivity index (χ1) is 5.67. The van der Waals surface area contributed by atoms with E-state index in [1.165, 1.54) is 19.4 Å². The van der Waals surface area contributed by atoms with Crippen LogP contribution in [0.1, 0.15) is 0 Å². The van der Waals surface area contributed by atoms with E-state index < -0.39 is 5.97 Å². The van der Waals surface area contributed by atoms with E-state index in [4.69, 9.17) is 0 Å². The second kappa shape index (κ2) is 5.07. The molecule has 0 amide bonds. The fourth-order valence-electron chi connectivity index (χ4n) is 0.578. The van der Waals surface area contributed by atoms with Gasteiger partial charge in [0.25, 0.3) is 0 Å². The van der Waals surface area contributed by atoms with E-state index in [9.17, 15) is 4.79 Å². The minimum absolute atomic E-state index is 0.266. The zero-order valence-electron chi connectivity index (χ0n) is 7.04. The largest absolute Gasteiger partial charge is 0.465 e. The average molecular weight is 165 g/mol. The molecule has 0 unspecified atom stereocenters. The molecule has 0 aromatic carbocycles. The van der Waals surface area contributed by atoms with Gasteiger partial charge in [-0.1, -0.05) is 19.2 Å². The Hall–Kier alpha value is -1.64. The van der Waals surface area contributed by atoms with E-state index in [1.54, 1.807) is 0 Å². The van der Waals surface area contributed by atoms with Crippen molar-refractivity contribution in [2.75, 3.05) is 7.11 Å². The van der Waals surface area contributed by atoms with Crippen molar-refractivity contribution in [2.45, 2.75) is 0 Å². The lowest BCUT2D eigenvalue weighted by molar-refractivity contribution is -0.135. The van der Waals surface area contributed by atoms with Crippen molar-refractivity contribution in [3.63, 3.8) is 0 Å². The van der Waals surface area contributed by atoms with E-state index in [-0.39, 0.29) is 5.57 Å². The van der Waals surface area contributed by atoms with Crippen LogP contribution in [0.4, 0.5) is 0 Å². The molecule has 0 saturated carbocycles. The quantitative estimate of drug-likeness (QED) is 0.274. The van der Waals surface area contributed by atoms with Gasteiger partial charge in [0, 0.05) is 6.20 Å². The summed E-state index contributed by atoms with van der Waals surface area (Å²) in [6, 6.07) is 0. The van der Waals surface area contributed by atoms with Crippen molar-refractivity contribution in [3.05, 3.63) is 36.6 Å². The highest BCUT2D eigenvalue weighted by Gasteiger charge is 2.09. The number of carbonyl (C=O) groups is 1. The standard InChI is InChI=1S/C9H11NO2/c1-5-7(2)8(6-10-3)9(11)12-4/h5-6H,1-3H2,4H3/b8-6+. The van der Waals surface area contributed by atoms with Crippen LogP contribution in [0.15, 0.2) is 41.6 Å². The third-order valence-corrected chi connectivity index (χ3v) is 1.22. The zero-order valence-corrected chi connectivity index (χ0v) is 7.04. The van der Waals surface area contributed by atoms with Crippen LogP contribution in [0.5, 0.6) is 0 Å². The predicted molar refractivity (Wildman–Crippen MR) is 49.0 cm³/mol. The molecule has 3 heteroatoms. The Bertz CT molecular complexity index is 251. The highest BCUT2D eigenvalue weighted by molar-refractivity contribution is 5.94. The van der Waals surface area contributed by atoms with Gasteiger partial charge in [-0.2, -0.15) is 0 Å². The van der Waals surface area contributed by atoms with Crippen LogP contribution >= 0.6 is 0 Å². The molecule has 12 heavy (non-hydrogen) atoms. The summed E-state index contributed by atoms with van der Waals surface area (Å²) in [6.07, 6.45) is 2.74. The van der Waals surface area contributed by atoms with Crippen molar-refractivity contribution in [1.82, 2.24) is 0 Å². The van der Waals surface area contributed by atoms with Crippen LogP contribution in [0, 0.1) is 0 Å². The number of ether oxygens (including phenoxy) is 1. The minimum atomic E-state index is -0.493. The second-order valence-electron chi connectivity index (χ2n) is 1.95. The van der Waals surface area contributed by atoms with Gasteiger partial charge < -0.3 is 4.74 Å². The molecule has 0 saturated heterocycles. The number of carbonyl (C=O) groups excluding carboxylic acids is 1. The average Bonchev–Trinajstić information content (AvgIpc) is 2.11. The summed E-state index contributed by atoms with van der Waals surface area (Å²) in [5.74, 6) is -0.493. The maximum absolute atomic E-state index is 11.0. The van der Waals surface area contributed by atoms with Crippen molar-refractivity contribution in [1.29, 1.82) is 0 Å². The number of rotatable bonds is 4. The molecule has 0 N–H and O–H groups in total. The van der Waals surface area contributed by atoms with E-state index in [0.29, 0.717) is 5.57 Å². The zero-order chi connectivity index (χ0) is 9.56. The van der Waals surface area contributed by atoms with Gasteiger partial charge in [0.05, 0.1) is 12.7 Å². The number of hydrogen-bond acceptors (Lipinski definition) is 3. The molecule has 64 valence electrons. The van der Waals surface area contributed by atoms with Crippen LogP contribution in [0.2, 0.25) is 0 Å². The Labute approximate surface area is 71.8 Å². The summed E-state index contributed by atoms with van der Waals surface area (Å²) in [7, 11) is 1.29. The summed E-state index contributed by atoms with van der Waals surface area (Å²) in [4.78, 5) is 14.5. The smallest absolute Gasteiger partial charge is 0.340 e. The molecule has 0 aliphatic heterocycles. The van der Waals surface area contributed by atoms with E-state index in [0.717, 1.165) is 0 Å². The molecule has 0 fully saturated rings. The van der Waals surface area contributed by atoms with Crippen molar-refractivity contribution < 1.29 is 9.53 Å². The fraction of sp³-hybridized carbons (Fsp3) is 0.111. The van der Waals surface area contributed by atoms with Crippen molar-refractivity contribution in [3.8, 4) is 0 Å². The molecule has 0 aromatic heterocycles. The van der Waals surface area contributed by atoms with Gasteiger partial charge in [-0.05, 0) is 12.3 Å². The molecular weight excluding hydrogens is 154 g/mol. The highest BCUT2D eigenvalue weighted by atomic mass is 16.5. The summed E-state index contributed by atoms with van der Waals surface area (Å²) < 4.78 is 4.48. The lowest BCUT2D eigenvalue weighted by atomic mass is 10.1. The van der Waals surface area contributed by atoms with Gasteiger partial charge in [-0.15, -0.1) is 0 Å². The summed E-state index contributed by atoms with van der Waals surface area (Å²) >= 11 is 0. The maximum Gasteiger partial charge on any atom is 0.340 e. The summed E-state index contributed by atoms with van der Waals surface area (Å²) in [6.45, 7) is 10.3. The normalized spacial score (nSPS) is 10.2. The van der Waals surface area contributed by atoms with Crippen LogP contribution in [-0.2, 0) is 9.53 Å². The first kappa shape index (κ1) is 10.4. The minimum Gasteiger partial charge on any atom is -0.465 e. The van der Waals surface area contributed by atoms with Gasteiger partial charge in [-0.3, -0.25) is 4.99 Å². The van der Waals surface area contributed by atoms with E-state index in [1.807, 2.05) is 0 Å². The van der Waals surface area contributed by atoms with E-state index in [2.05, 4.69) is 29.6 Å². The van der Waals surface area contributed by atoms with Crippen LogP contribution in [0.3, 0.4) is 0 Å². The van der Waals surface area contributed by atoms with Crippen LogP contribution in [-0.4, -0.2) is 19.8 Å². The molecule has 0 spiro atoms. The molecule has 0 aromatic rings. The Balaban J connectivity index is 4.78. The maximum atomic E-state index is 11.0. The number of aliphatic imine (C=N–C) groups is 1. The predicted octanol–water partition coefficient (Wildman–Crippen LogP) is 1.49. The lowest BCUT2D eigenvalue weighted by Gasteiger charge is -2.02. The van der Waals surface area contributed by atoms with Gasteiger partial charge >= 0.3 is 5.97 Å². The Morgan fingerprint density at radius 2 is 2.17 bits per heavy atom. The first-order valence-electron chi connectivity index (χ1n) is 3.23. The highest BCUT2D eigenvalue weighted by Crippen LogP contribution is 2.10. The van der Waals surface area contributed by atoms with Crippen molar-refractivity contribution >= 4 is 12.7 Å². The molecule has 3 nitrogen and oxygen atoms in total. The van der Waals surface area contributed by atoms with Crippen LogP contribution < -0.4 is 0 Å². The second-order valence-corrected chi connectivity index (χ2v) is 1.95. The monoisotopic (exact) mass is 165 g/mol. The lowest BCUT2D eigenvalue weighted by Crippen LogP contribution is -2.05. The number of hydrogen-bond donors (Lipinski definition) is 0. The number of methoxy groups -OCH3 is 1. The SMILES string of the molecule is C=CC(=C)/C(=C\N=C)C(=O)OC. The molecule has 0 radical (unpaired) electrons. The molecule has 0 aliphatic rings. The summed E-state index contributed by atoms with van der Waals surface area (Å²) in [5.41, 5.74) is 0.733. The molecule has 0 rings (SSSR count). The molecule has 0 atom stereocenters. The van der Waals surface area contributed by atoms with Gasteiger partial charge in [-0.25, -0.2) is 4.79 Å². The third-order valence-electron chi connectivity index (χ3n) is 1.22. The third kappa shape index (κ3) is 2.54. The van der Waals surface area contributed by atoms with Crippen molar-refractivity contribution in [2.24, 2.45) is 4.99 Å². The Kier molecular flexibility index (Phi) is 4.38. The number of allylic oxidation sites excluding steroid dienone is 1. The fourth-order valence-corrected chi connectivity index (χ4v) is 0.578. The molecule has 0 heterocycles. The first-order valence-corrected chi connectivity index (χ1v) is 3.23. The molecular formula is C9H11NO2. The Morgan fingerprint density at radius 1 is 1.58 bits per heavy atom. The van der Waals surface area contributed by atoms with E-state index >= 15 is 0 Å². The van der Waals surface area contributed by atoms with Gasteiger partial charge in [0.1, 0.15) is 0 Å². The Morgan fingerprint density at radius 3 is 2.50 bits per heavy atom. The number of nitrogens with zero attached hydrogens (tertiary/aromatic N) is 1.